The number of aryl methyl sites for hydroxylation is 1. The van der Waals surface area contributed by atoms with E-state index in [4.69, 9.17) is 9.52 Å². The van der Waals surface area contributed by atoms with E-state index in [1.807, 2.05) is 6.92 Å². The Labute approximate surface area is 127 Å². The molecule has 7 nitrogen and oxygen atoms in total. The van der Waals surface area contributed by atoms with Crippen molar-refractivity contribution in [2.75, 3.05) is 0 Å². The summed E-state index contributed by atoms with van der Waals surface area (Å²) in [5.41, 5.74) is 2.12. The van der Waals surface area contributed by atoms with E-state index in [0.717, 1.165) is 16.2 Å². The van der Waals surface area contributed by atoms with Crippen LogP contribution in [-0.4, -0.2) is 20.6 Å². The minimum Gasteiger partial charge on any atom is -0.480 e. The lowest BCUT2D eigenvalue weighted by molar-refractivity contribution is -0.137. The van der Waals surface area contributed by atoms with Gasteiger partial charge in [-0.15, -0.1) is 0 Å². The van der Waals surface area contributed by atoms with Crippen molar-refractivity contribution < 1.29 is 14.3 Å². The second-order valence-corrected chi connectivity index (χ2v) is 5.74. The van der Waals surface area contributed by atoms with Crippen LogP contribution in [0.5, 0.6) is 0 Å². The van der Waals surface area contributed by atoms with Crippen LogP contribution in [0.1, 0.15) is 11.8 Å². The second-order valence-electron chi connectivity index (χ2n) is 4.70. The third-order valence-electron chi connectivity index (χ3n) is 3.27. The van der Waals surface area contributed by atoms with E-state index in [2.05, 4.69) is 4.98 Å². The Kier molecular flexibility index (Phi) is 3.45. The molecule has 0 fully saturated rings. The molecule has 3 rings (SSSR count). The summed E-state index contributed by atoms with van der Waals surface area (Å²) in [6.07, 6.45) is 0.608. The topological polar surface area (TPSA) is 105 Å². The van der Waals surface area contributed by atoms with Crippen LogP contribution in [0, 0.1) is 0 Å². The molecule has 0 atom stereocenters. The van der Waals surface area contributed by atoms with Crippen LogP contribution in [0.4, 0.5) is 0 Å². The van der Waals surface area contributed by atoms with Crippen LogP contribution in [0.25, 0.3) is 22.4 Å². The molecule has 3 aromatic rings. The van der Waals surface area contributed by atoms with Crippen LogP contribution in [0.3, 0.4) is 0 Å². The summed E-state index contributed by atoms with van der Waals surface area (Å²) in [6, 6.07) is 5.03. The molecular weight excluding hydrogens is 308 g/mol. The van der Waals surface area contributed by atoms with E-state index in [1.54, 1.807) is 18.2 Å². The molecule has 0 radical (unpaired) electrons. The fourth-order valence-corrected chi connectivity index (χ4v) is 3.32. The van der Waals surface area contributed by atoms with Gasteiger partial charge >= 0.3 is 16.6 Å². The minimum absolute atomic E-state index is 0.315. The number of carbonyl (C=O) groups is 1. The molecule has 8 heteroatoms. The van der Waals surface area contributed by atoms with E-state index >= 15 is 0 Å². The Bertz CT molecular complexity index is 975. The first kappa shape index (κ1) is 14.3. The Morgan fingerprint density at radius 2 is 2.18 bits per heavy atom. The molecule has 114 valence electrons. The fraction of sp³-hybridized carbons (Fsp3) is 0.214. The predicted molar refractivity (Wildman–Crippen MR) is 81.4 cm³/mol. The lowest BCUT2D eigenvalue weighted by atomic mass is 10.1. The molecule has 0 saturated carbocycles. The maximum absolute atomic E-state index is 12.0. The van der Waals surface area contributed by atoms with E-state index in [-0.39, 0.29) is 4.87 Å². The summed E-state index contributed by atoms with van der Waals surface area (Å²) in [4.78, 5) is 37.3. The minimum atomic E-state index is -1.09. The van der Waals surface area contributed by atoms with Crippen molar-refractivity contribution in [1.29, 1.82) is 0 Å². The maximum atomic E-state index is 12.0. The van der Waals surface area contributed by atoms with Gasteiger partial charge in [-0.3, -0.25) is 19.1 Å². The van der Waals surface area contributed by atoms with E-state index < -0.39 is 18.3 Å². The number of oxazole rings is 1. The van der Waals surface area contributed by atoms with Gasteiger partial charge in [-0.25, -0.2) is 4.79 Å². The van der Waals surface area contributed by atoms with Gasteiger partial charge in [0.15, 0.2) is 5.58 Å². The molecule has 22 heavy (non-hydrogen) atoms. The highest BCUT2D eigenvalue weighted by Crippen LogP contribution is 2.28. The van der Waals surface area contributed by atoms with Gasteiger partial charge < -0.3 is 9.52 Å². The largest absolute Gasteiger partial charge is 0.480 e. The molecule has 2 heterocycles. The smallest absolute Gasteiger partial charge is 0.417 e. The number of thiazole rings is 1. The molecule has 2 N–H and O–H groups in total. The molecule has 0 aliphatic rings. The first-order chi connectivity index (χ1) is 10.5. The number of fused-ring (bicyclic) bond motifs is 1. The zero-order chi connectivity index (χ0) is 15.9. The number of aromatic amines is 1. The van der Waals surface area contributed by atoms with E-state index in [9.17, 15) is 14.4 Å². The molecule has 0 aliphatic carbocycles. The SMILES string of the molecule is CCc1sc(=O)n(CC(=O)O)c1-c1ccc2[nH]c(=O)oc2c1. The summed E-state index contributed by atoms with van der Waals surface area (Å²) >= 11 is 1.03. The molecule has 0 amide bonds. The van der Waals surface area contributed by atoms with Crippen LogP contribution >= 0.6 is 11.3 Å². The van der Waals surface area contributed by atoms with Gasteiger partial charge in [-0.2, -0.15) is 0 Å². The monoisotopic (exact) mass is 320 g/mol. The van der Waals surface area contributed by atoms with Gasteiger partial charge in [-0.1, -0.05) is 24.3 Å². The Balaban J connectivity index is 2.25. The molecule has 0 saturated heterocycles. The summed E-state index contributed by atoms with van der Waals surface area (Å²) in [5.74, 6) is -1.64. The van der Waals surface area contributed by atoms with Gasteiger partial charge in [0.2, 0.25) is 0 Å². The Morgan fingerprint density at radius 3 is 2.86 bits per heavy atom. The zero-order valence-electron chi connectivity index (χ0n) is 11.6. The van der Waals surface area contributed by atoms with Crippen LogP contribution < -0.4 is 10.6 Å². The summed E-state index contributed by atoms with van der Waals surface area (Å²) in [5, 5.41) is 9.00. The standard InChI is InChI=1S/C14H12N2O5S/c1-2-10-12(16(6-11(17)18)14(20)22-10)7-3-4-8-9(5-7)21-13(19)15-8/h3-5H,2,6H2,1H3,(H,15,19)(H,17,18). The molecule has 2 aromatic heterocycles. The maximum Gasteiger partial charge on any atom is 0.417 e. The average molecular weight is 320 g/mol. The van der Waals surface area contributed by atoms with Gasteiger partial charge in [0, 0.05) is 10.4 Å². The summed E-state index contributed by atoms with van der Waals surface area (Å²) in [6.45, 7) is 1.49. The van der Waals surface area contributed by atoms with Crippen LogP contribution in [0.2, 0.25) is 0 Å². The number of benzene rings is 1. The van der Waals surface area contributed by atoms with Crippen molar-refractivity contribution in [3.63, 3.8) is 0 Å². The van der Waals surface area contributed by atoms with Crippen LogP contribution in [0.15, 0.2) is 32.2 Å². The number of carboxylic acid groups (broad SMARTS) is 1. The summed E-state index contributed by atoms with van der Waals surface area (Å²) < 4.78 is 6.25. The molecule has 0 unspecified atom stereocenters. The van der Waals surface area contributed by atoms with Gasteiger partial charge in [0.05, 0.1) is 11.2 Å². The van der Waals surface area contributed by atoms with E-state index in [0.29, 0.717) is 28.8 Å². The normalized spacial score (nSPS) is 11.1. The zero-order valence-corrected chi connectivity index (χ0v) is 12.4. The van der Waals surface area contributed by atoms with Gasteiger partial charge in [0.1, 0.15) is 6.54 Å². The Hall–Kier alpha value is -2.61. The van der Waals surface area contributed by atoms with Gasteiger partial charge in [-0.05, 0) is 18.6 Å². The number of rotatable bonds is 4. The van der Waals surface area contributed by atoms with Gasteiger partial charge in [0.25, 0.3) is 0 Å². The number of H-pyrrole nitrogens is 1. The lowest BCUT2D eigenvalue weighted by Crippen LogP contribution is -2.19. The van der Waals surface area contributed by atoms with Crippen molar-refractivity contribution >= 4 is 28.4 Å². The van der Waals surface area contributed by atoms with Crippen molar-refractivity contribution in [2.45, 2.75) is 19.9 Å². The Morgan fingerprint density at radius 1 is 1.41 bits per heavy atom. The quantitative estimate of drug-likeness (QED) is 0.760. The molecular formula is C14H12N2O5S. The third-order valence-corrected chi connectivity index (χ3v) is 4.40. The highest BCUT2D eigenvalue weighted by Gasteiger charge is 2.18. The highest BCUT2D eigenvalue weighted by molar-refractivity contribution is 7.09. The molecule has 1 aromatic carbocycles. The molecule has 0 bridgehead atoms. The number of carboxylic acids is 1. The number of nitrogens with one attached hydrogen (secondary N) is 1. The number of hydrogen-bond donors (Lipinski definition) is 2. The average Bonchev–Trinajstić information content (AvgIpc) is 2.97. The van der Waals surface area contributed by atoms with Crippen molar-refractivity contribution in [1.82, 2.24) is 9.55 Å². The van der Waals surface area contributed by atoms with Crippen LogP contribution in [-0.2, 0) is 17.8 Å². The highest BCUT2D eigenvalue weighted by atomic mass is 32.1. The molecule has 0 aliphatic heterocycles. The number of aromatic nitrogens is 2. The first-order valence-electron chi connectivity index (χ1n) is 6.57. The first-order valence-corrected chi connectivity index (χ1v) is 7.38. The predicted octanol–water partition coefficient (Wildman–Crippen LogP) is 1.66. The second kappa shape index (κ2) is 5.30. The van der Waals surface area contributed by atoms with E-state index in [1.165, 1.54) is 4.57 Å². The van der Waals surface area contributed by atoms with Crippen molar-refractivity contribution in [2.24, 2.45) is 0 Å². The lowest BCUT2D eigenvalue weighted by Gasteiger charge is -2.07. The molecule has 0 spiro atoms. The fourth-order valence-electron chi connectivity index (χ4n) is 2.38. The number of aliphatic carboxylic acids is 1. The summed E-state index contributed by atoms with van der Waals surface area (Å²) in [7, 11) is 0. The van der Waals surface area contributed by atoms with Crippen molar-refractivity contribution in [3.05, 3.63) is 43.3 Å². The third kappa shape index (κ3) is 2.37. The van der Waals surface area contributed by atoms with Crippen molar-refractivity contribution in [3.8, 4) is 11.3 Å². The number of nitrogens with zero attached hydrogens (tertiary/aromatic N) is 1. The number of hydrogen-bond acceptors (Lipinski definition) is 5.